The standard InChI is InChI=1S/C21H23N5O2S/c1-28-18-9-5-8-17(15-18)22-20(27)25-10-12-26(13-11-25)21-23-19(24-29-21)14-16-6-3-2-4-7-16/h2-9,15H,10-14H2,1H3,(H,22,27). The molecule has 4 rings (SSSR count). The number of nitrogens with one attached hydrogen (secondary N) is 1. The molecular formula is C21H23N5O2S. The van der Waals surface area contributed by atoms with E-state index in [1.165, 1.54) is 17.1 Å². The van der Waals surface area contributed by atoms with Crippen LogP contribution in [0.2, 0.25) is 0 Å². The molecule has 1 aliphatic heterocycles. The van der Waals surface area contributed by atoms with Crippen LogP contribution >= 0.6 is 11.5 Å². The van der Waals surface area contributed by atoms with Crippen molar-refractivity contribution in [3.05, 3.63) is 66.0 Å². The van der Waals surface area contributed by atoms with Gasteiger partial charge in [-0.25, -0.2) is 9.78 Å². The van der Waals surface area contributed by atoms with Crippen molar-refractivity contribution in [3.8, 4) is 5.75 Å². The van der Waals surface area contributed by atoms with E-state index in [1.807, 2.05) is 47.4 Å². The SMILES string of the molecule is COc1cccc(NC(=O)N2CCN(c3nc(Cc4ccccc4)ns3)CC2)c1. The lowest BCUT2D eigenvalue weighted by Gasteiger charge is -2.34. The lowest BCUT2D eigenvalue weighted by Crippen LogP contribution is -2.50. The fourth-order valence-electron chi connectivity index (χ4n) is 3.23. The second-order valence-electron chi connectivity index (χ2n) is 6.79. The number of nitrogens with zero attached hydrogens (tertiary/aromatic N) is 4. The first kappa shape index (κ1) is 19.2. The van der Waals surface area contributed by atoms with E-state index < -0.39 is 0 Å². The van der Waals surface area contributed by atoms with Gasteiger partial charge in [-0.05, 0) is 17.7 Å². The highest BCUT2D eigenvalue weighted by Crippen LogP contribution is 2.21. The summed E-state index contributed by atoms with van der Waals surface area (Å²) in [6, 6.07) is 17.5. The first-order valence-corrected chi connectivity index (χ1v) is 10.3. The van der Waals surface area contributed by atoms with Crippen LogP contribution in [0.4, 0.5) is 15.6 Å². The minimum atomic E-state index is -0.0973. The van der Waals surface area contributed by atoms with Gasteiger partial charge in [0.15, 0.2) is 0 Å². The lowest BCUT2D eigenvalue weighted by molar-refractivity contribution is 0.208. The van der Waals surface area contributed by atoms with E-state index >= 15 is 0 Å². The number of aromatic nitrogens is 2. The molecule has 1 fully saturated rings. The Morgan fingerprint density at radius 2 is 1.90 bits per heavy atom. The molecule has 150 valence electrons. The van der Waals surface area contributed by atoms with Crippen LogP contribution < -0.4 is 15.0 Å². The summed E-state index contributed by atoms with van der Waals surface area (Å²) in [7, 11) is 1.61. The number of hydrogen-bond donors (Lipinski definition) is 1. The van der Waals surface area contributed by atoms with Gasteiger partial charge in [-0.1, -0.05) is 36.4 Å². The van der Waals surface area contributed by atoms with Crippen molar-refractivity contribution in [3.63, 3.8) is 0 Å². The number of benzene rings is 2. The smallest absolute Gasteiger partial charge is 0.321 e. The molecule has 8 heteroatoms. The number of hydrogen-bond acceptors (Lipinski definition) is 6. The molecule has 0 aliphatic carbocycles. The monoisotopic (exact) mass is 409 g/mol. The van der Waals surface area contributed by atoms with Crippen LogP contribution in [-0.4, -0.2) is 53.6 Å². The van der Waals surface area contributed by atoms with Gasteiger partial charge in [0.05, 0.1) is 7.11 Å². The molecule has 0 atom stereocenters. The van der Waals surface area contributed by atoms with Gasteiger partial charge in [0.1, 0.15) is 11.6 Å². The average molecular weight is 410 g/mol. The fraction of sp³-hybridized carbons (Fsp3) is 0.286. The van der Waals surface area contributed by atoms with Gasteiger partial charge < -0.3 is 19.9 Å². The summed E-state index contributed by atoms with van der Waals surface area (Å²) >= 11 is 1.42. The minimum Gasteiger partial charge on any atom is -0.497 e. The quantitative estimate of drug-likeness (QED) is 0.699. The highest BCUT2D eigenvalue weighted by molar-refractivity contribution is 7.09. The highest BCUT2D eigenvalue weighted by atomic mass is 32.1. The van der Waals surface area contributed by atoms with Crippen molar-refractivity contribution < 1.29 is 9.53 Å². The molecule has 0 saturated carbocycles. The second-order valence-corrected chi connectivity index (χ2v) is 7.52. The van der Waals surface area contributed by atoms with Gasteiger partial charge in [-0.3, -0.25) is 0 Å². The van der Waals surface area contributed by atoms with Crippen LogP contribution in [0, 0.1) is 0 Å². The van der Waals surface area contributed by atoms with Gasteiger partial charge in [0.25, 0.3) is 0 Å². The van der Waals surface area contributed by atoms with E-state index in [4.69, 9.17) is 4.74 Å². The molecule has 2 amide bonds. The van der Waals surface area contributed by atoms with Crippen LogP contribution in [-0.2, 0) is 6.42 Å². The van der Waals surface area contributed by atoms with Crippen LogP contribution in [0.3, 0.4) is 0 Å². The zero-order chi connectivity index (χ0) is 20.1. The average Bonchev–Trinajstić information content (AvgIpc) is 3.23. The van der Waals surface area contributed by atoms with Crippen LogP contribution in [0.25, 0.3) is 0 Å². The Balaban J connectivity index is 1.30. The molecule has 0 radical (unpaired) electrons. The molecule has 2 aromatic carbocycles. The molecule has 2 heterocycles. The Labute approximate surface area is 174 Å². The molecule has 1 aliphatic rings. The Kier molecular flexibility index (Phi) is 5.90. The Morgan fingerprint density at radius 1 is 1.10 bits per heavy atom. The molecule has 0 unspecified atom stereocenters. The van der Waals surface area contributed by atoms with Gasteiger partial charge >= 0.3 is 6.03 Å². The van der Waals surface area contributed by atoms with Crippen molar-refractivity contribution in [1.82, 2.24) is 14.3 Å². The van der Waals surface area contributed by atoms with E-state index in [0.29, 0.717) is 13.1 Å². The maximum Gasteiger partial charge on any atom is 0.321 e. The zero-order valence-electron chi connectivity index (χ0n) is 16.2. The Hall–Kier alpha value is -3.13. The number of amides is 2. The topological polar surface area (TPSA) is 70.6 Å². The van der Waals surface area contributed by atoms with Crippen LogP contribution in [0.15, 0.2) is 54.6 Å². The van der Waals surface area contributed by atoms with E-state index in [9.17, 15) is 4.79 Å². The second kappa shape index (κ2) is 8.91. The third-order valence-electron chi connectivity index (χ3n) is 4.82. The van der Waals surface area contributed by atoms with E-state index in [2.05, 4.69) is 31.7 Å². The van der Waals surface area contributed by atoms with Gasteiger partial charge in [-0.2, -0.15) is 4.37 Å². The van der Waals surface area contributed by atoms with E-state index in [0.717, 1.165) is 41.9 Å². The van der Waals surface area contributed by atoms with Crippen molar-refractivity contribution in [1.29, 1.82) is 0 Å². The minimum absolute atomic E-state index is 0.0973. The van der Waals surface area contributed by atoms with Gasteiger partial charge in [0.2, 0.25) is 5.13 Å². The molecule has 7 nitrogen and oxygen atoms in total. The number of ether oxygens (including phenoxy) is 1. The molecule has 0 bridgehead atoms. The lowest BCUT2D eigenvalue weighted by atomic mass is 10.1. The summed E-state index contributed by atoms with van der Waals surface area (Å²) in [4.78, 5) is 21.3. The van der Waals surface area contributed by atoms with Gasteiger partial charge in [-0.15, -0.1) is 0 Å². The summed E-state index contributed by atoms with van der Waals surface area (Å²) in [5.41, 5.74) is 1.93. The number of piperazine rings is 1. The number of anilines is 2. The first-order valence-electron chi connectivity index (χ1n) is 9.53. The fourth-order valence-corrected chi connectivity index (χ4v) is 3.96. The van der Waals surface area contributed by atoms with Crippen molar-refractivity contribution in [2.75, 3.05) is 43.5 Å². The normalized spacial score (nSPS) is 14.0. The summed E-state index contributed by atoms with van der Waals surface area (Å²) in [5.74, 6) is 1.56. The number of methoxy groups -OCH3 is 1. The maximum absolute atomic E-state index is 12.5. The summed E-state index contributed by atoms with van der Waals surface area (Å²) in [6.07, 6.45) is 0.736. The van der Waals surface area contributed by atoms with Crippen molar-refractivity contribution >= 4 is 28.4 Å². The number of urea groups is 1. The molecule has 1 N–H and O–H groups in total. The van der Waals surface area contributed by atoms with E-state index in [1.54, 1.807) is 7.11 Å². The number of rotatable bonds is 5. The van der Waals surface area contributed by atoms with Gasteiger partial charge in [0, 0.05) is 55.9 Å². The number of carbonyl (C=O) groups is 1. The molecule has 3 aromatic rings. The van der Waals surface area contributed by atoms with Crippen molar-refractivity contribution in [2.45, 2.75) is 6.42 Å². The van der Waals surface area contributed by atoms with Crippen LogP contribution in [0.1, 0.15) is 11.4 Å². The Morgan fingerprint density at radius 3 is 2.66 bits per heavy atom. The largest absolute Gasteiger partial charge is 0.497 e. The molecule has 29 heavy (non-hydrogen) atoms. The number of carbonyl (C=O) groups excluding carboxylic acids is 1. The summed E-state index contributed by atoms with van der Waals surface area (Å²) in [5, 5.41) is 3.86. The predicted molar refractivity (Wildman–Crippen MR) is 115 cm³/mol. The van der Waals surface area contributed by atoms with Crippen molar-refractivity contribution in [2.24, 2.45) is 0 Å². The molecular weight excluding hydrogens is 386 g/mol. The maximum atomic E-state index is 12.5. The highest BCUT2D eigenvalue weighted by Gasteiger charge is 2.23. The third-order valence-corrected chi connectivity index (χ3v) is 5.64. The molecule has 1 saturated heterocycles. The summed E-state index contributed by atoms with van der Waals surface area (Å²) in [6.45, 7) is 2.77. The summed E-state index contributed by atoms with van der Waals surface area (Å²) < 4.78 is 9.70. The van der Waals surface area contributed by atoms with Crippen LogP contribution in [0.5, 0.6) is 5.75 Å². The molecule has 1 aromatic heterocycles. The predicted octanol–water partition coefficient (Wildman–Crippen LogP) is 3.49. The molecule has 0 spiro atoms. The zero-order valence-corrected chi connectivity index (χ0v) is 17.1. The third kappa shape index (κ3) is 4.83. The van der Waals surface area contributed by atoms with E-state index in [-0.39, 0.29) is 6.03 Å². The Bertz CT molecular complexity index is 954. The first-order chi connectivity index (χ1) is 14.2.